The molecule has 0 spiro atoms. The number of aliphatic hydroxyl groups is 1. The van der Waals surface area contributed by atoms with Gasteiger partial charge in [-0.2, -0.15) is 0 Å². The van der Waals surface area contributed by atoms with Gasteiger partial charge in [0.15, 0.2) is 0 Å². The van der Waals surface area contributed by atoms with E-state index in [1.54, 1.807) is 0 Å². The van der Waals surface area contributed by atoms with Crippen LogP contribution in [0.4, 0.5) is 0 Å². The predicted octanol–water partition coefficient (Wildman–Crippen LogP) is 1.30. The minimum atomic E-state index is -0.140. The van der Waals surface area contributed by atoms with Crippen LogP contribution in [0.1, 0.15) is 24.2 Å². The first-order valence-electron chi connectivity index (χ1n) is 5.19. The number of pyridine rings is 1. The van der Waals surface area contributed by atoms with E-state index in [0.29, 0.717) is 0 Å². The van der Waals surface area contributed by atoms with E-state index in [2.05, 4.69) is 11.8 Å². The van der Waals surface area contributed by atoms with Crippen LogP contribution in [-0.2, 0) is 0 Å². The number of fused-ring (bicyclic) bond motifs is 1. The van der Waals surface area contributed by atoms with E-state index in [1.165, 1.54) is 0 Å². The van der Waals surface area contributed by atoms with Crippen LogP contribution in [0.2, 0.25) is 0 Å². The third-order valence-corrected chi connectivity index (χ3v) is 2.49. The van der Waals surface area contributed by atoms with Crippen LogP contribution in [0.5, 0.6) is 0 Å². The molecule has 82 valence electrons. The third kappa shape index (κ3) is 1.81. The summed E-state index contributed by atoms with van der Waals surface area (Å²) in [4.78, 5) is 0. The van der Waals surface area contributed by atoms with Gasteiger partial charge in [-0.25, -0.2) is 0 Å². The quantitative estimate of drug-likeness (QED) is 0.703. The molecule has 3 N–H and O–H groups in total. The van der Waals surface area contributed by atoms with E-state index >= 15 is 0 Å². The molecule has 0 fully saturated rings. The Bertz CT molecular complexity index is 558. The van der Waals surface area contributed by atoms with Gasteiger partial charge in [0.05, 0.1) is 0 Å². The fourth-order valence-electron chi connectivity index (χ4n) is 1.75. The van der Waals surface area contributed by atoms with Crippen LogP contribution in [0.3, 0.4) is 0 Å². The molecule has 2 aromatic heterocycles. The molecule has 0 saturated carbocycles. The van der Waals surface area contributed by atoms with Crippen LogP contribution in [0, 0.1) is 11.8 Å². The van der Waals surface area contributed by atoms with Crippen molar-refractivity contribution in [3.8, 4) is 11.8 Å². The average Bonchev–Trinajstić information content (AvgIpc) is 2.65. The highest BCUT2D eigenvalue weighted by Gasteiger charge is 2.10. The molecular weight excluding hydrogens is 200 g/mol. The van der Waals surface area contributed by atoms with Crippen LogP contribution < -0.4 is 5.73 Å². The molecule has 0 saturated heterocycles. The molecule has 0 radical (unpaired) electrons. The van der Waals surface area contributed by atoms with Gasteiger partial charge in [-0.3, -0.25) is 0 Å². The highest BCUT2D eigenvalue weighted by molar-refractivity contribution is 5.58. The maximum atomic E-state index is 8.75. The molecule has 0 aliphatic rings. The van der Waals surface area contributed by atoms with Crippen molar-refractivity contribution in [2.75, 3.05) is 6.61 Å². The van der Waals surface area contributed by atoms with Gasteiger partial charge in [0.1, 0.15) is 12.3 Å². The van der Waals surface area contributed by atoms with Crippen LogP contribution in [0.15, 0.2) is 30.5 Å². The number of nitrogens with two attached hydrogens (primary N) is 1. The van der Waals surface area contributed by atoms with E-state index in [4.69, 9.17) is 10.8 Å². The number of nitrogens with zero attached hydrogens (tertiary/aromatic N) is 1. The first-order chi connectivity index (χ1) is 7.74. The summed E-state index contributed by atoms with van der Waals surface area (Å²) in [5.74, 6) is 5.62. The summed E-state index contributed by atoms with van der Waals surface area (Å²) >= 11 is 0. The smallest absolute Gasteiger partial charge is 0.104 e. The molecule has 16 heavy (non-hydrogen) atoms. The lowest BCUT2D eigenvalue weighted by Gasteiger charge is -2.03. The maximum absolute atomic E-state index is 8.75. The first-order valence-corrected chi connectivity index (χ1v) is 5.19. The summed E-state index contributed by atoms with van der Waals surface area (Å²) in [7, 11) is 0. The molecule has 0 aromatic carbocycles. The highest BCUT2D eigenvalue weighted by Crippen LogP contribution is 2.20. The van der Waals surface area contributed by atoms with Crippen molar-refractivity contribution in [3.05, 3.63) is 41.7 Å². The molecule has 1 atom stereocenters. The van der Waals surface area contributed by atoms with Gasteiger partial charge in [0.25, 0.3) is 0 Å². The third-order valence-electron chi connectivity index (χ3n) is 2.49. The van der Waals surface area contributed by atoms with E-state index in [0.717, 1.165) is 16.8 Å². The minimum Gasteiger partial charge on any atom is -0.384 e. The van der Waals surface area contributed by atoms with Crippen molar-refractivity contribution >= 4 is 5.52 Å². The fraction of sp³-hybridized carbons (Fsp3) is 0.231. The van der Waals surface area contributed by atoms with Crippen LogP contribution in [-0.4, -0.2) is 16.1 Å². The topological polar surface area (TPSA) is 50.7 Å². The second-order valence-corrected chi connectivity index (χ2v) is 3.69. The van der Waals surface area contributed by atoms with Gasteiger partial charge in [-0.05, 0) is 31.0 Å². The maximum Gasteiger partial charge on any atom is 0.104 e. The molecule has 0 aliphatic heterocycles. The van der Waals surface area contributed by atoms with Crippen molar-refractivity contribution in [2.45, 2.75) is 13.0 Å². The van der Waals surface area contributed by atoms with Gasteiger partial charge >= 0.3 is 0 Å². The Morgan fingerprint density at radius 2 is 2.31 bits per heavy atom. The number of hydrogen-bond donors (Lipinski definition) is 2. The van der Waals surface area contributed by atoms with E-state index in [9.17, 15) is 0 Å². The normalized spacial score (nSPS) is 12.2. The van der Waals surface area contributed by atoms with Crippen molar-refractivity contribution < 1.29 is 5.11 Å². The molecule has 2 rings (SSSR count). The standard InChI is InChI=1S/C13H14N2O/c1-10(14)12-9-11-5-2-3-7-15(11)13(12)6-4-8-16/h2-3,5,7,9-10,16H,8,14H2,1H3. The first kappa shape index (κ1) is 10.7. The van der Waals surface area contributed by atoms with Crippen LogP contribution in [0.25, 0.3) is 5.52 Å². The number of rotatable bonds is 1. The summed E-state index contributed by atoms with van der Waals surface area (Å²) in [6, 6.07) is 7.90. The summed E-state index contributed by atoms with van der Waals surface area (Å²) in [6.45, 7) is 1.79. The highest BCUT2D eigenvalue weighted by atomic mass is 16.2. The van der Waals surface area contributed by atoms with Gasteiger partial charge in [-0.1, -0.05) is 12.0 Å². The summed E-state index contributed by atoms with van der Waals surface area (Å²) in [5, 5.41) is 8.75. The Labute approximate surface area is 94.5 Å². The van der Waals surface area contributed by atoms with E-state index < -0.39 is 0 Å². The number of aliphatic hydroxyl groups excluding tert-OH is 1. The van der Waals surface area contributed by atoms with Crippen molar-refractivity contribution in [2.24, 2.45) is 5.73 Å². The fourth-order valence-corrected chi connectivity index (χ4v) is 1.75. The Morgan fingerprint density at radius 3 is 3.00 bits per heavy atom. The summed E-state index contributed by atoms with van der Waals surface area (Å²) < 4.78 is 1.99. The SMILES string of the molecule is CC(N)c1cc2ccccn2c1C#CCO. The lowest BCUT2D eigenvalue weighted by Crippen LogP contribution is -2.06. The molecule has 3 nitrogen and oxygen atoms in total. The monoisotopic (exact) mass is 214 g/mol. The average molecular weight is 214 g/mol. The second-order valence-electron chi connectivity index (χ2n) is 3.69. The molecule has 2 aromatic rings. The van der Waals surface area contributed by atoms with E-state index in [-0.39, 0.29) is 12.6 Å². The molecule has 0 bridgehead atoms. The second kappa shape index (κ2) is 4.40. The van der Waals surface area contributed by atoms with Crippen molar-refractivity contribution in [1.29, 1.82) is 0 Å². The Hall–Kier alpha value is -1.76. The lowest BCUT2D eigenvalue weighted by molar-refractivity contribution is 0.350. The Morgan fingerprint density at radius 1 is 1.50 bits per heavy atom. The van der Waals surface area contributed by atoms with Gasteiger partial charge in [-0.15, -0.1) is 0 Å². The number of hydrogen-bond acceptors (Lipinski definition) is 2. The largest absolute Gasteiger partial charge is 0.384 e. The van der Waals surface area contributed by atoms with Crippen molar-refractivity contribution in [3.63, 3.8) is 0 Å². The van der Waals surface area contributed by atoms with Gasteiger partial charge in [0.2, 0.25) is 0 Å². The van der Waals surface area contributed by atoms with Crippen LogP contribution >= 0.6 is 0 Å². The zero-order valence-corrected chi connectivity index (χ0v) is 9.14. The molecule has 0 aliphatic carbocycles. The summed E-state index contributed by atoms with van der Waals surface area (Å²) in [5.41, 5.74) is 8.84. The summed E-state index contributed by atoms with van der Waals surface area (Å²) in [6.07, 6.45) is 1.95. The van der Waals surface area contributed by atoms with Crippen molar-refractivity contribution in [1.82, 2.24) is 4.40 Å². The Kier molecular flexibility index (Phi) is 2.95. The molecule has 3 heteroatoms. The van der Waals surface area contributed by atoms with E-state index in [1.807, 2.05) is 41.8 Å². The Balaban J connectivity index is 2.69. The molecule has 1 unspecified atom stereocenters. The minimum absolute atomic E-state index is 0.0668. The number of aromatic nitrogens is 1. The lowest BCUT2D eigenvalue weighted by atomic mass is 10.1. The molecule has 0 amide bonds. The zero-order chi connectivity index (χ0) is 11.5. The zero-order valence-electron chi connectivity index (χ0n) is 9.14. The molecular formula is C13H14N2O. The van der Waals surface area contributed by atoms with Gasteiger partial charge in [0, 0.05) is 23.3 Å². The van der Waals surface area contributed by atoms with Gasteiger partial charge < -0.3 is 15.2 Å². The predicted molar refractivity (Wildman–Crippen MR) is 64.0 cm³/mol. The molecule has 2 heterocycles.